The van der Waals surface area contributed by atoms with Gasteiger partial charge in [-0.05, 0) is 59.5 Å². The first-order chi connectivity index (χ1) is 8.47. The Morgan fingerprint density at radius 2 is 2.22 bits per heavy atom. The highest BCUT2D eigenvalue weighted by molar-refractivity contribution is 9.10. The maximum absolute atomic E-state index is 7.43. The number of benzene rings is 1. The molecule has 3 N–H and O–H groups in total. The van der Waals surface area contributed by atoms with Gasteiger partial charge in [0, 0.05) is 23.1 Å². The van der Waals surface area contributed by atoms with Crippen molar-refractivity contribution in [2.24, 2.45) is 5.73 Å². The van der Waals surface area contributed by atoms with E-state index < -0.39 is 0 Å². The van der Waals surface area contributed by atoms with Crippen LogP contribution in [0.2, 0.25) is 0 Å². The maximum atomic E-state index is 7.43. The number of nitrogens with zero attached hydrogens (tertiary/aromatic N) is 1. The molecule has 1 rings (SSSR count). The number of thioether (sulfide) groups is 1. The van der Waals surface area contributed by atoms with Crippen LogP contribution < -0.4 is 10.6 Å². The molecule has 100 valence electrons. The van der Waals surface area contributed by atoms with Crippen LogP contribution in [0.1, 0.15) is 18.9 Å². The molecule has 0 aromatic heterocycles. The fraction of sp³-hybridized carbons (Fsp3) is 0.462. The normalized spacial score (nSPS) is 12.2. The molecule has 0 radical (unpaired) electrons. The molecule has 1 atom stereocenters. The van der Waals surface area contributed by atoms with Gasteiger partial charge in [-0.2, -0.15) is 11.8 Å². The van der Waals surface area contributed by atoms with Crippen molar-refractivity contribution in [2.75, 3.05) is 24.0 Å². The van der Waals surface area contributed by atoms with Gasteiger partial charge in [-0.3, -0.25) is 5.41 Å². The molecule has 0 bridgehead atoms. The van der Waals surface area contributed by atoms with E-state index in [0.717, 1.165) is 27.9 Å². The van der Waals surface area contributed by atoms with Crippen LogP contribution in [-0.4, -0.2) is 30.9 Å². The van der Waals surface area contributed by atoms with Gasteiger partial charge >= 0.3 is 0 Å². The second-order valence-corrected chi connectivity index (χ2v) is 6.16. The summed E-state index contributed by atoms with van der Waals surface area (Å²) in [5.41, 5.74) is 7.36. The van der Waals surface area contributed by atoms with E-state index in [0.29, 0.717) is 6.04 Å². The average Bonchev–Trinajstić information content (AvgIpc) is 2.34. The third-order valence-electron chi connectivity index (χ3n) is 3.04. The van der Waals surface area contributed by atoms with Crippen LogP contribution in [0.15, 0.2) is 22.7 Å². The molecule has 0 spiro atoms. The van der Waals surface area contributed by atoms with E-state index in [2.05, 4.69) is 41.1 Å². The summed E-state index contributed by atoms with van der Waals surface area (Å²) in [4.78, 5) is 2.25. The Morgan fingerprint density at radius 1 is 1.56 bits per heavy atom. The number of hydrogen-bond donors (Lipinski definition) is 2. The van der Waals surface area contributed by atoms with Crippen molar-refractivity contribution in [3.63, 3.8) is 0 Å². The topological polar surface area (TPSA) is 53.1 Å². The fourth-order valence-corrected chi connectivity index (χ4v) is 2.92. The fourth-order valence-electron chi connectivity index (χ4n) is 1.68. The minimum atomic E-state index is 0.0975. The molecule has 0 aliphatic carbocycles. The molecule has 3 nitrogen and oxygen atoms in total. The molecule has 0 fully saturated rings. The predicted molar refractivity (Wildman–Crippen MR) is 86.0 cm³/mol. The van der Waals surface area contributed by atoms with E-state index in [1.807, 2.05) is 30.0 Å². The van der Waals surface area contributed by atoms with Crippen LogP contribution in [0.5, 0.6) is 0 Å². The van der Waals surface area contributed by atoms with E-state index in [1.54, 1.807) is 0 Å². The standard InChI is InChI=1S/C13H20BrN3S/c1-9(6-7-18-3)17(2)12-5-4-10(13(15)16)8-11(12)14/h4-5,8-9H,6-7H2,1-3H3,(H3,15,16). The molecule has 1 unspecified atom stereocenters. The van der Waals surface area contributed by atoms with Crippen LogP contribution in [0, 0.1) is 5.41 Å². The van der Waals surface area contributed by atoms with E-state index >= 15 is 0 Å². The zero-order valence-electron chi connectivity index (χ0n) is 11.0. The van der Waals surface area contributed by atoms with Crippen molar-refractivity contribution in [1.29, 1.82) is 5.41 Å². The number of amidine groups is 1. The molecule has 0 heterocycles. The summed E-state index contributed by atoms with van der Waals surface area (Å²) in [5.74, 6) is 1.26. The van der Waals surface area contributed by atoms with Gasteiger partial charge in [-0.1, -0.05) is 0 Å². The number of nitrogens with two attached hydrogens (primary N) is 1. The number of nitrogens with one attached hydrogen (secondary N) is 1. The van der Waals surface area contributed by atoms with E-state index in [-0.39, 0.29) is 5.84 Å². The largest absolute Gasteiger partial charge is 0.384 e. The summed E-state index contributed by atoms with van der Waals surface area (Å²) in [6, 6.07) is 6.28. The van der Waals surface area contributed by atoms with Crippen molar-refractivity contribution in [1.82, 2.24) is 0 Å². The summed E-state index contributed by atoms with van der Waals surface area (Å²) in [6.07, 6.45) is 3.28. The van der Waals surface area contributed by atoms with Crippen molar-refractivity contribution < 1.29 is 0 Å². The molecular weight excluding hydrogens is 310 g/mol. The first-order valence-electron chi connectivity index (χ1n) is 5.83. The summed E-state index contributed by atoms with van der Waals surface area (Å²) < 4.78 is 0.980. The van der Waals surface area contributed by atoms with E-state index in [4.69, 9.17) is 11.1 Å². The first kappa shape index (κ1) is 15.4. The summed E-state index contributed by atoms with van der Waals surface area (Å²) in [5, 5.41) is 7.43. The van der Waals surface area contributed by atoms with Crippen LogP contribution >= 0.6 is 27.7 Å². The number of anilines is 1. The van der Waals surface area contributed by atoms with Gasteiger partial charge in [0.15, 0.2) is 0 Å². The summed E-state index contributed by atoms with van der Waals surface area (Å²) in [7, 11) is 2.10. The monoisotopic (exact) mass is 329 g/mol. The van der Waals surface area contributed by atoms with Gasteiger partial charge in [0.25, 0.3) is 0 Å². The number of rotatable bonds is 6. The van der Waals surface area contributed by atoms with Crippen LogP contribution in [0.3, 0.4) is 0 Å². The van der Waals surface area contributed by atoms with Gasteiger partial charge in [0.05, 0.1) is 5.69 Å². The van der Waals surface area contributed by atoms with Crippen molar-refractivity contribution >= 4 is 39.2 Å². The SMILES string of the molecule is CSCCC(C)N(C)c1ccc(C(=N)N)cc1Br. The number of hydrogen-bond acceptors (Lipinski definition) is 3. The van der Waals surface area contributed by atoms with Gasteiger partial charge in [0.1, 0.15) is 5.84 Å². The Hall–Kier alpha value is -0.680. The molecule has 5 heteroatoms. The highest BCUT2D eigenvalue weighted by atomic mass is 79.9. The zero-order valence-corrected chi connectivity index (χ0v) is 13.4. The first-order valence-corrected chi connectivity index (χ1v) is 8.01. The van der Waals surface area contributed by atoms with Crippen LogP contribution in [0.25, 0.3) is 0 Å². The molecule has 0 amide bonds. The third kappa shape index (κ3) is 3.92. The summed E-state index contributed by atoms with van der Waals surface area (Å²) >= 11 is 5.42. The average molecular weight is 330 g/mol. The molecule has 0 aliphatic rings. The van der Waals surface area contributed by atoms with E-state index in [1.165, 1.54) is 0 Å². The second-order valence-electron chi connectivity index (χ2n) is 4.32. The Bertz CT molecular complexity index is 423. The molecular formula is C13H20BrN3S. The third-order valence-corrected chi connectivity index (χ3v) is 4.32. The Kier molecular flexibility index (Phi) is 6.02. The Labute approximate surface area is 122 Å². The maximum Gasteiger partial charge on any atom is 0.122 e. The molecule has 1 aromatic carbocycles. The van der Waals surface area contributed by atoms with Crippen molar-refractivity contribution in [3.05, 3.63) is 28.2 Å². The lowest BCUT2D eigenvalue weighted by Gasteiger charge is -2.28. The van der Waals surface area contributed by atoms with Crippen molar-refractivity contribution in [3.8, 4) is 0 Å². The lowest BCUT2D eigenvalue weighted by Crippen LogP contribution is -2.29. The lowest BCUT2D eigenvalue weighted by atomic mass is 10.1. The molecule has 0 saturated heterocycles. The van der Waals surface area contributed by atoms with Crippen molar-refractivity contribution in [2.45, 2.75) is 19.4 Å². The predicted octanol–water partition coefficient (Wildman–Crippen LogP) is 3.31. The van der Waals surface area contributed by atoms with Gasteiger partial charge in [-0.25, -0.2) is 0 Å². The highest BCUT2D eigenvalue weighted by Crippen LogP contribution is 2.28. The van der Waals surface area contributed by atoms with E-state index in [9.17, 15) is 0 Å². The highest BCUT2D eigenvalue weighted by Gasteiger charge is 2.13. The number of halogens is 1. The van der Waals surface area contributed by atoms with Gasteiger partial charge in [0.2, 0.25) is 0 Å². The molecule has 0 aliphatic heterocycles. The smallest absolute Gasteiger partial charge is 0.122 e. The second kappa shape index (κ2) is 7.04. The molecule has 1 aromatic rings. The quantitative estimate of drug-likeness (QED) is 0.621. The Morgan fingerprint density at radius 3 is 2.72 bits per heavy atom. The van der Waals surface area contributed by atoms with Gasteiger partial charge in [-0.15, -0.1) is 0 Å². The van der Waals surface area contributed by atoms with Gasteiger partial charge < -0.3 is 10.6 Å². The zero-order chi connectivity index (χ0) is 13.7. The van der Waals surface area contributed by atoms with Crippen LogP contribution in [-0.2, 0) is 0 Å². The molecule has 18 heavy (non-hydrogen) atoms. The summed E-state index contributed by atoms with van der Waals surface area (Å²) in [6.45, 7) is 2.22. The molecule has 0 saturated carbocycles. The lowest BCUT2D eigenvalue weighted by molar-refractivity contribution is 0.668. The minimum Gasteiger partial charge on any atom is -0.384 e. The minimum absolute atomic E-state index is 0.0975. The number of nitrogen functional groups attached to an aromatic ring is 1. The Balaban J connectivity index is 2.86. The van der Waals surface area contributed by atoms with Crippen LogP contribution in [0.4, 0.5) is 5.69 Å².